The summed E-state index contributed by atoms with van der Waals surface area (Å²) in [5, 5.41) is 3.48. The van der Waals surface area contributed by atoms with E-state index in [0.29, 0.717) is 0 Å². The molecule has 0 saturated carbocycles. The number of carbonyl (C=O) groups is 1. The van der Waals surface area contributed by atoms with Crippen LogP contribution in [-0.4, -0.2) is 11.2 Å². The van der Waals surface area contributed by atoms with Crippen LogP contribution in [0.1, 0.15) is 11.1 Å². The van der Waals surface area contributed by atoms with E-state index >= 15 is 0 Å². The Labute approximate surface area is 93.8 Å². The molecule has 2 nitrogen and oxygen atoms in total. The third-order valence-corrected chi connectivity index (χ3v) is 3.56. The third kappa shape index (κ3) is 2.23. The number of hydrogen-bond acceptors (Lipinski definition) is 2. The van der Waals surface area contributed by atoms with Crippen molar-refractivity contribution in [3.63, 3.8) is 0 Å². The number of benzene rings is 1. The molecule has 2 rings (SSSR count). The first kappa shape index (κ1) is 10.3. The van der Waals surface area contributed by atoms with Crippen LogP contribution < -0.4 is 5.32 Å². The van der Waals surface area contributed by atoms with Crippen molar-refractivity contribution >= 4 is 17.7 Å². The van der Waals surface area contributed by atoms with E-state index in [0.717, 1.165) is 11.4 Å². The van der Waals surface area contributed by atoms with Gasteiger partial charge in [0.15, 0.2) is 0 Å². The summed E-state index contributed by atoms with van der Waals surface area (Å²) >= 11 is 1.52. The Morgan fingerprint density at radius 3 is 2.80 bits per heavy atom. The van der Waals surface area contributed by atoms with Crippen LogP contribution in [0.4, 0.5) is 0 Å². The summed E-state index contributed by atoms with van der Waals surface area (Å²) in [4.78, 5) is 11.5. The standard InChI is InChI=1S/C12H13NOS/c1-8-5-3-4-6-10(8)7-11-12(14)13-9(2)15-11/h3-6,11H,2,7H2,1H3,(H,13,14). The molecule has 0 radical (unpaired) electrons. The summed E-state index contributed by atoms with van der Waals surface area (Å²) in [6.07, 6.45) is 0.780. The molecule has 1 atom stereocenters. The van der Waals surface area contributed by atoms with Crippen molar-refractivity contribution in [2.75, 3.05) is 0 Å². The molecule has 0 aromatic heterocycles. The minimum atomic E-state index is -0.0152. The Morgan fingerprint density at radius 1 is 1.47 bits per heavy atom. The lowest BCUT2D eigenvalue weighted by Gasteiger charge is -2.08. The van der Waals surface area contributed by atoms with Gasteiger partial charge in [0, 0.05) is 0 Å². The van der Waals surface area contributed by atoms with E-state index in [9.17, 15) is 4.79 Å². The summed E-state index contributed by atoms with van der Waals surface area (Å²) in [6, 6.07) is 8.17. The minimum absolute atomic E-state index is 0.0152. The highest BCUT2D eigenvalue weighted by atomic mass is 32.2. The highest BCUT2D eigenvalue weighted by Gasteiger charge is 2.27. The van der Waals surface area contributed by atoms with Crippen LogP contribution >= 0.6 is 11.8 Å². The van der Waals surface area contributed by atoms with Crippen LogP contribution in [0, 0.1) is 6.92 Å². The SMILES string of the molecule is C=C1NC(=O)C(Cc2ccccc2C)S1. The monoisotopic (exact) mass is 219 g/mol. The molecule has 0 aliphatic carbocycles. The molecule has 1 N–H and O–H groups in total. The van der Waals surface area contributed by atoms with E-state index < -0.39 is 0 Å². The van der Waals surface area contributed by atoms with E-state index in [1.165, 1.54) is 22.9 Å². The van der Waals surface area contributed by atoms with E-state index in [1.54, 1.807) is 0 Å². The number of thioether (sulfide) groups is 1. The van der Waals surface area contributed by atoms with Crippen molar-refractivity contribution in [2.45, 2.75) is 18.6 Å². The lowest BCUT2D eigenvalue weighted by Crippen LogP contribution is -2.23. The number of aryl methyl sites for hydroxylation is 1. The molecule has 1 fully saturated rings. The van der Waals surface area contributed by atoms with E-state index in [1.807, 2.05) is 12.1 Å². The summed E-state index contributed by atoms with van der Waals surface area (Å²) in [5.41, 5.74) is 2.48. The van der Waals surface area contributed by atoms with Crippen LogP contribution in [0.3, 0.4) is 0 Å². The molecule has 0 bridgehead atoms. The van der Waals surface area contributed by atoms with Crippen LogP contribution in [-0.2, 0) is 11.2 Å². The fraction of sp³-hybridized carbons (Fsp3) is 0.250. The number of rotatable bonds is 2. The molecule has 78 valence electrons. The Bertz CT molecular complexity index is 414. The first-order valence-electron chi connectivity index (χ1n) is 4.88. The van der Waals surface area contributed by atoms with Crippen molar-refractivity contribution in [1.29, 1.82) is 0 Å². The van der Waals surface area contributed by atoms with E-state index in [4.69, 9.17) is 0 Å². The molecule has 1 amide bonds. The summed E-state index contributed by atoms with van der Waals surface area (Å²) in [6.45, 7) is 5.82. The predicted molar refractivity (Wildman–Crippen MR) is 63.5 cm³/mol. The van der Waals surface area contributed by atoms with Crippen molar-refractivity contribution in [2.24, 2.45) is 0 Å². The predicted octanol–water partition coefficient (Wildman–Crippen LogP) is 2.24. The molecule has 1 aliphatic heterocycles. The van der Waals surface area contributed by atoms with E-state index in [-0.39, 0.29) is 11.2 Å². The fourth-order valence-electron chi connectivity index (χ4n) is 1.65. The van der Waals surface area contributed by atoms with Crippen molar-refractivity contribution < 1.29 is 4.79 Å². The number of nitrogens with one attached hydrogen (secondary N) is 1. The maximum atomic E-state index is 11.5. The van der Waals surface area contributed by atoms with Gasteiger partial charge in [0.25, 0.3) is 0 Å². The second-order valence-electron chi connectivity index (χ2n) is 3.65. The third-order valence-electron chi connectivity index (χ3n) is 2.51. The van der Waals surface area contributed by atoms with Gasteiger partial charge in [-0.3, -0.25) is 4.79 Å². The molecule has 0 spiro atoms. The number of amides is 1. The van der Waals surface area contributed by atoms with Gasteiger partial charge >= 0.3 is 0 Å². The lowest BCUT2D eigenvalue weighted by molar-refractivity contribution is -0.119. The van der Waals surface area contributed by atoms with Gasteiger partial charge in [0.05, 0.1) is 10.3 Å². The molecule has 1 aromatic carbocycles. The van der Waals surface area contributed by atoms with Gasteiger partial charge in [-0.25, -0.2) is 0 Å². The maximum Gasteiger partial charge on any atom is 0.238 e. The van der Waals surface area contributed by atoms with Crippen molar-refractivity contribution in [3.8, 4) is 0 Å². The maximum absolute atomic E-state index is 11.5. The molecule has 1 unspecified atom stereocenters. The van der Waals surface area contributed by atoms with Gasteiger partial charge in [-0.05, 0) is 24.5 Å². The second kappa shape index (κ2) is 4.11. The molecular formula is C12H13NOS. The molecule has 1 saturated heterocycles. The normalized spacial score (nSPS) is 20.5. The average Bonchev–Trinajstić information content (AvgIpc) is 2.49. The lowest BCUT2D eigenvalue weighted by atomic mass is 10.0. The fourth-order valence-corrected chi connectivity index (χ4v) is 2.58. The van der Waals surface area contributed by atoms with Gasteiger partial charge < -0.3 is 5.32 Å². The highest BCUT2D eigenvalue weighted by Crippen LogP contribution is 2.28. The highest BCUT2D eigenvalue weighted by molar-refractivity contribution is 8.04. The van der Waals surface area contributed by atoms with Crippen molar-refractivity contribution in [3.05, 3.63) is 47.0 Å². The van der Waals surface area contributed by atoms with Crippen LogP contribution in [0.25, 0.3) is 0 Å². The zero-order valence-corrected chi connectivity index (χ0v) is 9.43. The van der Waals surface area contributed by atoms with Crippen LogP contribution in [0.5, 0.6) is 0 Å². The van der Waals surface area contributed by atoms with Gasteiger partial charge in [-0.2, -0.15) is 0 Å². The van der Waals surface area contributed by atoms with Crippen LogP contribution in [0.2, 0.25) is 0 Å². The van der Waals surface area contributed by atoms with Gasteiger partial charge in [-0.1, -0.05) is 42.6 Å². The first-order chi connectivity index (χ1) is 7.16. The van der Waals surface area contributed by atoms with Crippen LogP contribution in [0.15, 0.2) is 35.9 Å². The first-order valence-corrected chi connectivity index (χ1v) is 5.75. The minimum Gasteiger partial charge on any atom is -0.320 e. The molecule has 15 heavy (non-hydrogen) atoms. The zero-order valence-electron chi connectivity index (χ0n) is 8.62. The average molecular weight is 219 g/mol. The summed E-state index contributed by atoms with van der Waals surface area (Å²) in [7, 11) is 0. The van der Waals surface area contributed by atoms with Gasteiger partial charge in [0.1, 0.15) is 0 Å². The van der Waals surface area contributed by atoms with Gasteiger partial charge in [-0.15, -0.1) is 0 Å². The largest absolute Gasteiger partial charge is 0.320 e. The van der Waals surface area contributed by atoms with E-state index in [2.05, 4.69) is 31.0 Å². The molecule has 1 heterocycles. The second-order valence-corrected chi connectivity index (χ2v) is 4.95. The summed E-state index contributed by atoms with van der Waals surface area (Å²) < 4.78 is 0. The summed E-state index contributed by atoms with van der Waals surface area (Å²) in [5.74, 6) is 0.0771. The topological polar surface area (TPSA) is 29.1 Å². The number of carbonyl (C=O) groups excluding carboxylic acids is 1. The molecule has 1 aliphatic rings. The zero-order chi connectivity index (χ0) is 10.8. The molecule has 1 aromatic rings. The Balaban J connectivity index is 2.13. The molecular weight excluding hydrogens is 206 g/mol. The Kier molecular flexibility index (Phi) is 2.82. The van der Waals surface area contributed by atoms with Crippen molar-refractivity contribution in [1.82, 2.24) is 5.32 Å². The van der Waals surface area contributed by atoms with Gasteiger partial charge in [0.2, 0.25) is 5.91 Å². The quantitative estimate of drug-likeness (QED) is 0.826. The molecule has 3 heteroatoms. The Morgan fingerprint density at radius 2 is 2.20 bits per heavy atom. The number of hydrogen-bond donors (Lipinski definition) is 1. The smallest absolute Gasteiger partial charge is 0.238 e. The Hall–Kier alpha value is -1.22.